The van der Waals surface area contributed by atoms with E-state index in [1.54, 1.807) is 24.7 Å². The molecule has 1 saturated heterocycles. The van der Waals surface area contributed by atoms with Crippen LogP contribution in [0.4, 0.5) is 10.9 Å². The van der Waals surface area contributed by atoms with E-state index in [0.717, 1.165) is 17.1 Å². The van der Waals surface area contributed by atoms with Crippen LogP contribution in [0, 0.1) is 5.92 Å². The van der Waals surface area contributed by atoms with Gasteiger partial charge in [-0.15, -0.1) is 21.5 Å². The van der Waals surface area contributed by atoms with Crippen LogP contribution in [0.25, 0.3) is 11.3 Å². The molecule has 31 heavy (non-hydrogen) atoms. The van der Waals surface area contributed by atoms with Crippen molar-refractivity contribution in [3.8, 4) is 11.3 Å². The Balaban J connectivity index is 1.30. The summed E-state index contributed by atoms with van der Waals surface area (Å²) in [5, 5.41) is 13.5. The van der Waals surface area contributed by atoms with Crippen LogP contribution in [0.5, 0.6) is 0 Å². The average Bonchev–Trinajstić information content (AvgIpc) is 3.29. The summed E-state index contributed by atoms with van der Waals surface area (Å²) in [4.78, 5) is 34.7. The monoisotopic (exact) mass is 438 g/mol. The van der Waals surface area contributed by atoms with Crippen molar-refractivity contribution in [2.45, 2.75) is 19.8 Å². The Morgan fingerprint density at radius 1 is 1.23 bits per heavy atom. The molecule has 1 fully saturated rings. The van der Waals surface area contributed by atoms with Gasteiger partial charge in [0.1, 0.15) is 0 Å². The molecular formula is C21H22N6O3S. The lowest BCUT2D eigenvalue weighted by atomic mass is 9.96. The third-order valence-electron chi connectivity index (χ3n) is 5.02. The number of aromatic nitrogens is 4. The Hall–Kier alpha value is -3.40. The molecule has 160 valence electrons. The zero-order valence-corrected chi connectivity index (χ0v) is 17.8. The van der Waals surface area contributed by atoms with E-state index < -0.39 is 5.97 Å². The van der Waals surface area contributed by atoms with Gasteiger partial charge in [0.15, 0.2) is 16.6 Å². The minimum Gasteiger partial charge on any atom is -0.461 e. The highest BCUT2D eigenvalue weighted by Crippen LogP contribution is 2.25. The molecule has 0 saturated carbocycles. The number of esters is 1. The maximum Gasteiger partial charge on any atom is 0.357 e. The molecule has 4 heterocycles. The van der Waals surface area contributed by atoms with Gasteiger partial charge in [-0.1, -0.05) is 0 Å². The van der Waals surface area contributed by atoms with Gasteiger partial charge in [0.05, 0.1) is 12.3 Å². The largest absolute Gasteiger partial charge is 0.461 e. The molecule has 1 aliphatic heterocycles. The lowest BCUT2D eigenvalue weighted by Crippen LogP contribution is -2.38. The number of ether oxygens (including phenoxy) is 1. The molecule has 10 heteroatoms. The van der Waals surface area contributed by atoms with Crippen LogP contribution in [0.1, 0.15) is 30.3 Å². The Kier molecular flexibility index (Phi) is 6.46. The highest BCUT2D eigenvalue weighted by molar-refractivity contribution is 7.14. The molecule has 1 aliphatic rings. The second-order valence-corrected chi connectivity index (χ2v) is 7.89. The van der Waals surface area contributed by atoms with Crippen LogP contribution in [-0.4, -0.2) is 51.7 Å². The lowest BCUT2D eigenvalue weighted by Gasteiger charge is -2.31. The molecule has 1 amide bonds. The summed E-state index contributed by atoms with van der Waals surface area (Å²) in [6, 6.07) is 7.69. The molecule has 0 bridgehead atoms. The van der Waals surface area contributed by atoms with Gasteiger partial charge in [0.2, 0.25) is 5.91 Å². The third-order valence-corrected chi connectivity index (χ3v) is 5.77. The van der Waals surface area contributed by atoms with Gasteiger partial charge in [0.25, 0.3) is 0 Å². The van der Waals surface area contributed by atoms with Gasteiger partial charge in [0, 0.05) is 42.3 Å². The SMILES string of the molecule is CCOC(=O)c1csc(NC(=O)C2CCN(c3ccc(-c4cccnc4)nn3)CC2)n1. The zero-order chi connectivity index (χ0) is 21.6. The van der Waals surface area contributed by atoms with Crippen LogP contribution in [0.3, 0.4) is 0 Å². The highest BCUT2D eigenvalue weighted by Gasteiger charge is 2.26. The highest BCUT2D eigenvalue weighted by atomic mass is 32.1. The van der Waals surface area contributed by atoms with Gasteiger partial charge in [-0.3, -0.25) is 9.78 Å². The van der Waals surface area contributed by atoms with E-state index in [1.807, 2.05) is 24.3 Å². The van der Waals surface area contributed by atoms with Crippen molar-refractivity contribution in [1.29, 1.82) is 0 Å². The number of hydrogen-bond donors (Lipinski definition) is 1. The quantitative estimate of drug-likeness (QED) is 0.585. The summed E-state index contributed by atoms with van der Waals surface area (Å²) in [6.07, 6.45) is 4.88. The predicted octanol–water partition coefficient (Wildman–Crippen LogP) is 3.03. The number of pyridine rings is 1. The number of nitrogens with one attached hydrogen (secondary N) is 1. The number of nitrogens with zero attached hydrogens (tertiary/aromatic N) is 5. The molecule has 0 radical (unpaired) electrons. The Bertz CT molecular complexity index is 1030. The van der Waals surface area contributed by atoms with E-state index in [2.05, 4.69) is 30.4 Å². The van der Waals surface area contributed by atoms with Gasteiger partial charge >= 0.3 is 5.97 Å². The molecule has 0 atom stereocenters. The van der Waals surface area contributed by atoms with E-state index in [1.165, 1.54) is 11.3 Å². The van der Waals surface area contributed by atoms with E-state index >= 15 is 0 Å². The lowest BCUT2D eigenvalue weighted by molar-refractivity contribution is -0.120. The van der Waals surface area contributed by atoms with Crippen molar-refractivity contribution >= 4 is 34.2 Å². The van der Waals surface area contributed by atoms with Crippen LogP contribution in [-0.2, 0) is 9.53 Å². The first-order valence-corrected chi connectivity index (χ1v) is 10.9. The molecule has 9 nitrogen and oxygen atoms in total. The average molecular weight is 439 g/mol. The maximum absolute atomic E-state index is 12.6. The van der Waals surface area contributed by atoms with Crippen molar-refractivity contribution in [3.05, 3.63) is 47.7 Å². The number of carbonyl (C=O) groups is 2. The molecular weight excluding hydrogens is 416 g/mol. The van der Waals surface area contributed by atoms with Crippen molar-refractivity contribution in [2.75, 3.05) is 29.9 Å². The number of hydrogen-bond acceptors (Lipinski definition) is 9. The summed E-state index contributed by atoms with van der Waals surface area (Å²) >= 11 is 1.22. The summed E-state index contributed by atoms with van der Waals surface area (Å²) in [5.41, 5.74) is 1.91. The van der Waals surface area contributed by atoms with Crippen molar-refractivity contribution in [2.24, 2.45) is 5.92 Å². The molecule has 3 aromatic rings. The second-order valence-electron chi connectivity index (χ2n) is 7.03. The molecule has 0 spiro atoms. The Morgan fingerprint density at radius 3 is 2.74 bits per heavy atom. The summed E-state index contributed by atoms with van der Waals surface area (Å²) < 4.78 is 4.92. The molecule has 0 aromatic carbocycles. The van der Waals surface area contributed by atoms with Crippen LogP contribution < -0.4 is 10.2 Å². The van der Waals surface area contributed by atoms with E-state index in [9.17, 15) is 9.59 Å². The normalized spacial score (nSPS) is 14.3. The van der Waals surface area contributed by atoms with Crippen molar-refractivity contribution < 1.29 is 14.3 Å². The van der Waals surface area contributed by atoms with Gasteiger partial charge in [-0.2, -0.15) is 0 Å². The van der Waals surface area contributed by atoms with Crippen molar-refractivity contribution in [3.63, 3.8) is 0 Å². The third kappa shape index (κ3) is 5.02. The summed E-state index contributed by atoms with van der Waals surface area (Å²) in [7, 11) is 0. The molecule has 4 rings (SSSR count). The number of carbonyl (C=O) groups excluding carboxylic acids is 2. The number of amides is 1. The first-order chi connectivity index (χ1) is 15.1. The fourth-order valence-electron chi connectivity index (χ4n) is 3.37. The Labute approximate surface area is 183 Å². The number of thiazole rings is 1. The number of piperidine rings is 1. The van der Waals surface area contributed by atoms with Gasteiger partial charge in [-0.05, 0) is 44.0 Å². The smallest absolute Gasteiger partial charge is 0.357 e. The summed E-state index contributed by atoms with van der Waals surface area (Å²) in [6.45, 7) is 3.45. The molecule has 3 aromatic heterocycles. The molecule has 1 N–H and O–H groups in total. The molecule has 0 unspecified atom stereocenters. The van der Waals surface area contributed by atoms with Crippen LogP contribution in [0.15, 0.2) is 42.0 Å². The predicted molar refractivity (Wildman–Crippen MR) is 117 cm³/mol. The minimum absolute atomic E-state index is 0.0811. The fraction of sp³-hybridized carbons (Fsp3) is 0.333. The van der Waals surface area contributed by atoms with Gasteiger partial charge < -0.3 is 15.0 Å². The number of rotatable bonds is 6. The van der Waals surface area contributed by atoms with E-state index in [0.29, 0.717) is 31.1 Å². The standard InChI is InChI=1S/C21H22N6O3S/c1-2-30-20(29)17-13-31-21(23-17)24-19(28)14-7-10-27(11-8-14)18-6-5-16(25-26-18)15-4-3-9-22-12-15/h3-6,9,12-14H,2,7-8,10-11H2,1H3,(H,23,24,28). The first kappa shape index (κ1) is 20.9. The molecule has 0 aliphatic carbocycles. The number of anilines is 2. The van der Waals surface area contributed by atoms with E-state index in [-0.39, 0.29) is 24.1 Å². The van der Waals surface area contributed by atoms with E-state index in [4.69, 9.17) is 4.74 Å². The maximum atomic E-state index is 12.6. The van der Waals surface area contributed by atoms with Crippen LogP contribution >= 0.6 is 11.3 Å². The second kappa shape index (κ2) is 9.61. The first-order valence-electron chi connectivity index (χ1n) is 10.1. The van der Waals surface area contributed by atoms with Gasteiger partial charge in [-0.25, -0.2) is 9.78 Å². The Morgan fingerprint density at radius 2 is 2.06 bits per heavy atom. The minimum atomic E-state index is -0.483. The van der Waals surface area contributed by atoms with Crippen molar-refractivity contribution in [1.82, 2.24) is 20.2 Å². The van der Waals surface area contributed by atoms with Crippen LogP contribution in [0.2, 0.25) is 0 Å². The fourth-order valence-corrected chi connectivity index (χ4v) is 4.05. The summed E-state index contributed by atoms with van der Waals surface area (Å²) in [5.74, 6) is 0.116. The zero-order valence-electron chi connectivity index (χ0n) is 17.0. The topological polar surface area (TPSA) is 110 Å².